The quantitative estimate of drug-likeness (QED) is 0.362. The Hall–Kier alpha value is -3.35. The van der Waals surface area contributed by atoms with Gasteiger partial charge in [0.2, 0.25) is 0 Å². The molecular weight excluding hydrogens is 389 g/mol. The summed E-state index contributed by atoms with van der Waals surface area (Å²) in [6, 6.07) is 3.69. The number of aromatic nitrogens is 4. The van der Waals surface area contributed by atoms with Crippen molar-refractivity contribution in [2.75, 3.05) is 5.32 Å². The number of hydrogen-bond acceptors (Lipinski definition) is 4. The van der Waals surface area contributed by atoms with Crippen LogP contribution in [0.5, 0.6) is 0 Å². The monoisotopic (exact) mass is 409 g/mol. The van der Waals surface area contributed by atoms with Crippen molar-refractivity contribution in [1.82, 2.24) is 19.5 Å². The van der Waals surface area contributed by atoms with E-state index in [-0.39, 0.29) is 5.56 Å². The molecule has 3 heterocycles. The first-order chi connectivity index (χ1) is 14.7. The molecule has 4 aromatic rings. The van der Waals surface area contributed by atoms with Crippen LogP contribution in [0.4, 0.5) is 10.2 Å². The van der Waals surface area contributed by atoms with E-state index < -0.39 is 11.7 Å². The molecule has 6 nitrogen and oxygen atoms in total. The molecule has 0 unspecified atom stereocenters. The van der Waals surface area contributed by atoms with E-state index in [1.54, 1.807) is 40.3 Å². The fourth-order valence-electron chi connectivity index (χ4n) is 3.70. The molecule has 4 rings (SSSR count). The maximum absolute atomic E-state index is 14.9. The summed E-state index contributed by atoms with van der Waals surface area (Å²) in [7, 11) is 9.15. The van der Waals surface area contributed by atoms with Crippen LogP contribution in [0.25, 0.3) is 22.2 Å². The second-order valence-corrected chi connectivity index (χ2v) is 7.88. The highest BCUT2D eigenvalue weighted by atomic mass is 19.1. The molecule has 3 aromatic heterocycles. The van der Waals surface area contributed by atoms with Gasteiger partial charge >= 0.3 is 0 Å². The highest BCUT2D eigenvalue weighted by molar-refractivity contribution is 6.63. The van der Waals surface area contributed by atoms with E-state index >= 15 is 0 Å². The number of fused-ring (bicyclic) bond motifs is 1. The van der Waals surface area contributed by atoms with Crippen molar-refractivity contribution >= 4 is 75.7 Å². The number of carbonyl (C=O) groups is 1. The Bertz CT molecular complexity index is 1340. The van der Waals surface area contributed by atoms with Crippen LogP contribution >= 0.6 is 0 Å². The maximum atomic E-state index is 14.9. The van der Waals surface area contributed by atoms with E-state index in [1.807, 2.05) is 40.3 Å². The number of halogens is 1. The van der Waals surface area contributed by atoms with Crippen molar-refractivity contribution in [2.45, 2.75) is 6.92 Å². The molecule has 0 saturated heterocycles. The predicted octanol–water partition coefficient (Wildman–Crippen LogP) is -3.24. The average Bonchev–Trinajstić information content (AvgIpc) is 3.09. The molecule has 0 bridgehead atoms. The summed E-state index contributed by atoms with van der Waals surface area (Å²) in [6.45, 7) is 1.93. The standard InChI is InChI=1S/C20H20B4FN5O/c1-8-26-7-12(30(8)2)11-3-9-4-13(28-6-10(9)5-27-11)29-20(31)14-15(21)16(22)17(23)18(24)19(14)25/h3-7H,21-24H2,1-2H3,(H,28,29,31). The Balaban J connectivity index is 1.71. The number of benzene rings is 1. The number of imidazole rings is 1. The van der Waals surface area contributed by atoms with Gasteiger partial charge < -0.3 is 9.88 Å². The van der Waals surface area contributed by atoms with Gasteiger partial charge in [-0.15, -0.1) is 5.46 Å². The molecule has 0 fully saturated rings. The Morgan fingerprint density at radius 2 is 1.61 bits per heavy atom. The molecule has 1 amide bonds. The molecule has 0 spiro atoms. The number of nitrogens with zero attached hydrogens (tertiary/aromatic N) is 4. The van der Waals surface area contributed by atoms with Gasteiger partial charge in [0, 0.05) is 24.8 Å². The average molecular weight is 409 g/mol. The van der Waals surface area contributed by atoms with Crippen LogP contribution in [0.3, 0.4) is 0 Å². The van der Waals surface area contributed by atoms with Gasteiger partial charge in [-0.05, 0) is 24.4 Å². The van der Waals surface area contributed by atoms with E-state index in [2.05, 4.69) is 20.3 Å². The number of nitrogens with one attached hydrogen (secondary N) is 1. The minimum Gasteiger partial charge on any atom is -0.330 e. The van der Waals surface area contributed by atoms with Crippen molar-refractivity contribution in [3.63, 3.8) is 0 Å². The fourth-order valence-corrected chi connectivity index (χ4v) is 3.70. The third-order valence-corrected chi connectivity index (χ3v) is 6.17. The van der Waals surface area contributed by atoms with E-state index in [0.29, 0.717) is 16.7 Å². The van der Waals surface area contributed by atoms with Crippen LogP contribution in [-0.4, -0.2) is 56.8 Å². The lowest BCUT2D eigenvalue weighted by atomic mass is 9.65. The number of carbonyl (C=O) groups excluding carboxylic acids is 1. The number of amides is 1. The van der Waals surface area contributed by atoms with Crippen LogP contribution in [0.1, 0.15) is 16.2 Å². The molecule has 0 aliphatic heterocycles. The van der Waals surface area contributed by atoms with Crippen molar-refractivity contribution in [2.24, 2.45) is 7.05 Å². The van der Waals surface area contributed by atoms with Gasteiger partial charge in [0.25, 0.3) is 5.91 Å². The van der Waals surface area contributed by atoms with Crippen LogP contribution in [0.15, 0.2) is 30.7 Å². The second kappa shape index (κ2) is 7.72. The van der Waals surface area contributed by atoms with Gasteiger partial charge in [0.15, 0.2) is 0 Å². The first-order valence-corrected chi connectivity index (χ1v) is 10.0. The lowest BCUT2D eigenvalue weighted by molar-refractivity contribution is 0.102. The molecule has 1 N–H and O–H groups in total. The normalized spacial score (nSPS) is 11.1. The Kier molecular flexibility index (Phi) is 5.21. The zero-order valence-electron chi connectivity index (χ0n) is 18.5. The summed E-state index contributed by atoms with van der Waals surface area (Å²) in [5.41, 5.74) is 4.62. The van der Waals surface area contributed by atoms with Gasteiger partial charge in [0.1, 0.15) is 48.8 Å². The van der Waals surface area contributed by atoms with Crippen LogP contribution < -0.4 is 27.2 Å². The van der Waals surface area contributed by atoms with E-state index in [1.165, 1.54) is 0 Å². The van der Waals surface area contributed by atoms with E-state index in [4.69, 9.17) is 0 Å². The number of anilines is 1. The summed E-state index contributed by atoms with van der Waals surface area (Å²) in [6.07, 6.45) is 5.16. The Labute approximate surface area is 183 Å². The lowest BCUT2D eigenvalue weighted by Crippen LogP contribution is -2.52. The number of rotatable bonds is 3. The largest absolute Gasteiger partial charge is 0.330 e. The number of hydrogen-bond donors (Lipinski definition) is 1. The van der Waals surface area contributed by atoms with Gasteiger partial charge in [-0.2, -0.15) is 0 Å². The van der Waals surface area contributed by atoms with Crippen molar-refractivity contribution in [3.05, 3.63) is 47.9 Å². The van der Waals surface area contributed by atoms with Crippen molar-refractivity contribution in [3.8, 4) is 11.4 Å². The molecule has 11 heteroatoms. The summed E-state index contributed by atoms with van der Waals surface area (Å²) in [5, 5.41) is 4.45. The SMILES string of the molecule is Bc1c(B)c(B)c(C(=O)Nc2cc3cc(-c4cnc(C)n4C)ncc3cn2)c(F)c1B. The minimum atomic E-state index is -0.510. The summed E-state index contributed by atoms with van der Waals surface area (Å²) < 4.78 is 16.9. The third-order valence-electron chi connectivity index (χ3n) is 6.17. The zero-order chi connectivity index (χ0) is 22.4. The van der Waals surface area contributed by atoms with Gasteiger partial charge in [0.05, 0.1) is 23.1 Å². The number of aryl methyl sites for hydroxylation is 1. The van der Waals surface area contributed by atoms with E-state index in [9.17, 15) is 9.18 Å². The molecule has 1 aromatic carbocycles. The van der Waals surface area contributed by atoms with Crippen LogP contribution in [-0.2, 0) is 7.05 Å². The molecule has 0 saturated carbocycles. The number of pyridine rings is 2. The molecule has 0 aliphatic carbocycles. The Morgan fingerprint density at radius 3 is 2.29 bits per heavy atom. The highest BCUT2D eigenvalue weighted by Gasteiger charge is 2.20. The molecule has 150 valence electrons. The van der Waals surface area contributed by atoms with Gasteiger partial charge in [-0.3, -0.25) is 9.78 Å². The second-order valence-electron chi connectivity index (χ2n) is 7.88. The van der Waals surface area contributed by atoms with Gasteiger partial charge in [-0.1, -0.05) is 16.4 Å². The fraction of sp³-hybridized carbons (Fsp3) is 0.100. The highest BCUT2D eigenvalue weighted by Crippen LogP contribution is 2.23. The first kappa shape index (κ1) is 20.9. The topological polar surface area (TPSA) is 72.7 Å². The summed E-state index contributed by atoms with van der Waals surface area (Å²) >= 11 is 0. The molecule has 0 aliphatic rings. The summed E-state index contributed by atoms with van der Waals surface area (Å²) in [4.78, 5) is 26.1. The molecule has 0 atom stereocenters. The molecular formula is C20H20B4FN5O. The maximum Gasteiger partial charge on any atom is 0.259 e. The molecule has 31 heavy (non-hydrogen) atoms. The zero-order valence-corrected chi connectivity index (χ0v) is 18.5. The summed E-state index contributed by atoms with van der Waals surface area (Å²) in [5.74, 6) is 0.243. The van der Waals surface area contributed by atoms with Crippen molar-refractivity contribution < 1.29 is 9.18 Å². The van der Waals surface area contributed by atoms with Crippen molar-refractivity contribution in [1.29, 1.82) is 0 Å². The minimum absolute atomic E-state index is 0.0586. The molecule has 0 radical (unpaired) electrons. The third kappa shape index (κ3) is 3.54. The van der Waals surface area contributed by atoms with E-state index in [0.717, 1.165) is 38.9 Å². The lowest BCUT2D eigenvalue weighted by Gasteiger charge is -2.17. The van der Waals surface area contributed by atoms with Crippen LogP contribution in [0.2, 0.25) is 0 Å². The first-order valence-electron chi connectivity index (χ1n) is 10.0. The predicted molar refractivity (Wildman–Crippen MR) is 134 cm³/mol. The Morgan fingerprint density at radius 1 is 0.935 bits per heavy atom. The van der Waals surface area contributed by atoms with Crippen LogP contribution in [0, 0.1) is 12.7 Å². The van der Waals surface area contributed by atoms with Gasteiger partial charge in [-0.25, -0.2) is 14.4 Å². The smallest absolute Gasteiger partial charge is 0.259 e.